The highest BCUT2D eigenvalue weighted by Gasteiger charge is 2.23. The van der Waals surface area contributed by atoms with E-state index in [-0.39, 0.29) is 11.7 Å². The molecule has 3 heteroatoms. The number of ether oxygens (including phenoxy) is 2. The van der Waals surface area contributed by atoms with Crippen LogP contribution in [-0.4, -0.2) is 31.5 Å². The van der Waals surface area contributed by atoms with Crippen LogP contribution in [0.3, 0.4) is 0 Å². The zero-order chi connectivity index (χ0) is 9.03. The minimum atomic E-state index is -0.203. The lowest BCUT2D eigenvalue weighted by molar-refractivity contribution is -0.117. The second kappa shape index (κ2) is 4.21. The maximum atomic E-state index is 5.78. The zero-order valence-electron chi connectivity index (χ0n) is 8.01. The predicted molar refractivity (Wildman–Crippen MR) is 48.1 cm³/mol. The van der Waals surface area contributed by atoms with E-state index in [1.54, 1.807) is 0 Å². The molecule has 1 rings (SSSR count). The molecular formula is C9H19NO2. The molecule has 2 N–H and O–H groups in total. The van der Waals surface area contributed by atoms with Gasteiger partial charge < -0.3 is 15.2 Å². The van der Waals surface area contributed by atoms with Crippen LogP contribution in [0.1, 0.15) is 26.7 Å². The van der Waals surface area contributed by atoms with Crippen molar-refractivity contribution in [2.75, 3.05) is 19.8 Å². The van der Waals surface area contributed by atoms with Crippen LogP contribution in [0.2, 0.25) is 0 Å². The Kier molecular flexibility index (Phi) is 3.50. The molecule has 0 amide bonds. The van der Waals surface area contributed by atoms with E-state index < -0.39 is 0 Å². The molecule has 0 bridgehead atoms. The van der Waals surface area contributed by atoms with Gasteiger partial charge in [0.25, 0.3) is 0 Å². The Morgan fingerprint density at radius 2 is 2.33 bits per heavy atom. The molecule has 0 aliphatic carbocycles. The summed E-state index contributed by atoms with van der Waals surface area (Å²) in [6.07, 6.45) is 2.45. The van der Waals surface area contributed by atoms with Crippen molar-refractivity contribution < 1.29 is 9.47 Å². The van der Waals surface area contributed by atoms with Gasteiger partial charge in [-0.05, 0) is 26.7 Å². The van der Waals surface area contributed by atoms with E-state index in [2.05, 4.69) is 0 Å². The molecule has 0 radical (unpaired) electrons. The summed E-state index contributed by atoms with van der Waals surface area (Å²) in [5.41, 5.74) is 5.35. The van der Waals surface area contributed by atoms with Crippen molar-refractivity contribution in [2.24, 2.45) is 5.73 Å². The Morgan fingerprint density at radius 1 is 1.58 bits per heavy atom. The summed E-state index contributed by atoms with van der Waals surface area (Å²) in [6, 6.07) is 0. The third-order valence-electron chi connectivity index (χ3n) is 2.10. The molecule has 1 fully saturated rings. The summed E-state index contributed by atoms with van der Waals surface area (Å²) < 4.78 is 11.1. The summed E-state index contributed by atoms with van der Waals surface area (Å²) in [7, 11) is 0. The van der Waals surface area contributed by atoms with Crippen LogP contribution in [0.25, 0.3) is 0 Å². The molecule has 1 aliphatic rings. The molecule has 0 spiro atoms. The molecule has 3 nitrogen and oxygen atoms in total. The summed E-state index contributed by atoms with van der Waals surface area (Å²) in [5, 5.41) is 0. The first-order valence-electron chi connectivity index (χ1n) is 4.60. The van der Waals surface area contributed by atoms with Crippen LogP contribution in [0.15, 0.2) is 0 Å². The summed E-state index contributed by atoms with van der Waals surface area (Å²) >= 11 is 0. The molecule has 0 saturated carbocycles. The molecular weight excluding hydrogens is 154 g/mol. The van der Waals surface area contributed by atoms with E-state index >= 15 is 0 Å². The lowest BCUT2D eigenvalue weighted by Gasteiger charge is -2.31. The van der Waals surface area contributed by atoms with Gasteiger partial charge in [-0.3, -0.25) is 0 Å². The van der Waals surface area contributed by atoms with E-state index in [9.17, 15) is 0 Å². The van der Waals surface area contributed by atoms with Gasteiger partial charge in [0.05, 0.1) is 18.3 Å². The summed E-state index contributed by atoms with van der Waals surface area (Å²) in [5.74, 6) is 0. The van der Waals surface area contributed by atoms with Crippen molar-refractivity contribution in [2.45, 2.75) is 38.4 Å². The van der Waals surface area contributed by atoms with Crippen LogP contribution in [0.4, 0.5) is 0 Å². The third-order valence-corrected chi connectivity index (χ3v) is 2.10. The molecule has 1 saturated heterocycles. The second-order valence-electron chi connectivity index (χ2n) is 3.92. The first kappa shape index (κ1) is 9.96. The predicted octanol–water partition coefficient (Wildman–Crippen LogP) is 0.919. The monoisotopic (exact) mass is 173 g/mol. The number of hydrogen-bond donors (Lipinski definition) is 1. The normalized spacial score (nSPS) is 25.8. The number of hydrogen-bond acceptors (Lipinski definition) is 3. The first-order valence-corrected chi connectivity index (χ1v) is 4.60. The van der Waals surface area contributed by atoms with Crippen LogP contribution >= 0.6 is 0 Å². The fraction of sp³-hybridized carbons (Fsp3) is 1.00. The quantitative estimate of drug-likeness (QED) is 0.690. The van der Waals surface area contributed by atoms with Gasteiger partial charge in [-0.2, -0.15) is 0 Å². The van der Waals surface area contributed by atoms with E-state index in [1.165, 1.54) is 0 Å². The standard InChI is InChI=1S/C9H19NO2/c1-9(2,7-10)12-8-4-3-5-11-6-8/h8H,3-7,10H2,1-2H3. The Labute approximate surface area is 74.2 Å². The Morgan fingerprint density at radius 3 is 2.83 bits per heavy atom. The van der Waals surface area contributed by atoms with Crippen molar-refractivity contribution in [3.63, 3.8) is 0 Å². The van der Waals surface area contributed by atoms with Gasteiger partial charge in [0.1, 0.15) is 0 Å². The lowest BCUT2D eigenvalue weighted by atomic mass is 10.1. The highest BCUT2D eigenvalue weighted by molar-refractivity contribution is 4.73. The van der Waals surface area contributed by atoms with Crippen molar-refractivity contribution in [3.8, 4) is 0 Å². The molecule has 1 aliphatic heterocycles. The van der Waals surface area contributed by atoms with E-state index in [0.29, 0.717) is 6.54 Å². The fourth-order valence-electron chi connectivity index (χ4n) is 1.30. The van der Waals surface area contributed by atoms with Gasteiger partial charge >= 0.3 is 0 Å². The van der Waals surface area contributed by atoms with Crippen LogP contribution in [-0.2, 0) is 9.47 Å². The molecule has 1 heterocycles. The molecule has 72 valence electrons. The Balaban J connectivity index is 2.28. The average molecular weight is 173 g/mol. The second-order valence-corrected chi connectivity index (χ2v) is 3.92. The molecule has 1 unspecified atom stereocenters. The lowest BCUT2D eigenvalue weighted by Crippen LogP contribution is -2.40. The van der Waals surface area contributed by atoms with Crippen molar-refractivity contribution in [1.29, 1.82) is 0 Å². The SMILES string of the molecule is CC(C)(CN)OC1CCCOC1. The fourth-order valence-corrected chi connectivity index (χ4v) is 1.30. The third kappa shape index (κ3) is 3.09. The summed E-state index contributed by atoms with van der Waals surface area (Å²) in [6.45, 7) is 6.19. The minimum absolute atomic E-state index is 0.203. The molecule has 12 heavy (non-hydrogen) atoms. The smallest absolute Gasteiger partial charge is 0.0817 e. The van der Waals surface area contributed by atoms with Crippen molar-refractivity contribution in [1.82, 2.24) is 0 Å². The van der Waals surface area contributed by atoms with Gasteiger partial charge in [-0.1, -0.05) is 0 Å². The Hall–Kier alpha value is -0.120. The number of rotatable bonds is 3. The highest BCUT2D eigenvalue weighted by atomic mass is 16.5. The van der Waals surface area contributed by atoms with Crippen LogP contribution in [0, 0.1) is 0 Å². The van der Waals surface area contributed by atoms with Gasteiger partial charge in [0.15, 0.2) is 0 Å². The van der Waals surface area contributed by atoms with Gasteiger partial charge in [0.2, 0.25) is 0 Å². The van der Waals surface area contributed by atoms with E-state index in [1.807, 2.05) is 13.8 Å². The molecule has 1 atom stereocenters. The average Bonchev–Trinajstić information content (AvgIpc) is 2.06. The van der Waals surface area contributed by atoms with Crippen LogP contribution < -0.4 is 5.73 Å². The topological polar surface area (TPSA) is 44.5 Å². The maximum absolute atomic E-state index is 5.78. The van der Waals surface area contributed by atoms with Crippen molar-refractivity contribution >= 4 is 0 Å². The van der Waals surface area contributed by atoms with Gasteiger partial charge in [-0.15, -0.1) is 0 Å². The summed E-state index contributed by atoms with van der Waals surface area (Å²) in [4.78, 5) is 0. The van der Waals surface area contributed by atoms with Crippen molar-refractivity contribution in [3.05, 3.63) is 0 Å². The van der Waals surface area contributed by atoms with Crippen LogP contribution in [0.5, 0.6) is 0 Å². The minimum Gasteiger partial charge on any atom is -0.379 e. The highest BCUT2D eigenvalue weighted by Crippen LogP contribution is 2.17. The zero-order valence-corrected chi connectivity index (χ0v) is 8.01. The molecule has 0 aromatic heterocycles. The van der Waals surface area contributed by atoms with E-state index in [0.717, 1.165) is 26.1 Å². The molecule has 0 aromatic carbocycles. The maximum Gasteiger partial charge on any atom is 0.0817 e. The first-order chi connectivity index (χ1) is 5.64. The Bertz CT molecular complexity index is 130. The van der Waals surface area contributed by atoms with E-state index in [4.69, 9.17) is 15.2 Å². The van der Waals surface area contributed by atoms with Gasteiger partial charge in [0, 0.05) is 13.2 Å². The van der Waals surface area contributed by atoms with Gasteiger partial charge in [-0.25, -0.2) is 0 Å². The molecule has 0 aromatic rings. The number of nitrogens with two attached hydrogens (primary N) is 1. The largest absolute Gasteiger partial charge is 0.379 e.